The van der Waals surface area contributed by atoms with E-state index >= 15 is 0 Å². The van der Waals surface area contributed by atoms with Crippen molar-refractivity contribution in [2.24, 2.45) is 0 Å². The van der Waals surface area contributed by atoms with Crippen molar-refractivity contribution in [3.8, 4) is 0 Å². The zero-order valence-electron chi connectivity index (χ0n) is 11.6. The van der Waals surface area contributed by atoms with Gasteiger partial charge in [0.15, 0.2) is 0 Å². The molecule has 0 saturated heterocycles. The van der Waals surface area contributed by atoms with Crippen molar-refractivity contribution in [3.05, 3.63) is 77.4 Å². The van der Waals surface area contributed by atoms with Crippen molar-refractivity contribution in [1.82, 2.24) is 5.32 Å². The predicted molar refractivity (Wildman–Crippen MR) is 78.8 cm³/mol. The highest BCUT2D eigenvalue weighted by Gasteiger charge is 2.29. The number of benzene rings is 2. The molecule has 0 aliphatic carbocycles. The normalized spacial score (nSPS) is 11.6. The molecule has 0 aromatic heterocycles. The van der Waals surface area contributed by atoms with E-state index in [1.165, 1.54) is 24.3 Å². The van der Waals surface area contributed by atoms with Gasteiger partial charge in [-0.3, -0.25) is 4.79 Å². The lowest BCUT2D eigenvalue weighted by Gasteiger charge is -2.06. The van der Waals surface area contributed by atoms with Gasteiger partial charge in [-0.25, -0.2) is 0 Å². The standard InChI is InChI=1S/C17H14F3NO/c18-17(19,20)15-9-6-13(7-10-15)8-11-16(22)21-12-14-4-2-1-3-5-14/h1-11H,12H2,(H,21,22). The fourth-order valence-electron chi connectivity index (χ4n) is 1.80. The van der Waals surface area contributed by atoms with Crippen molar-refractivity contribution < 1.29 is 18.0 Å². The molecule has 0 saturated carbocycles. The average Bonchev–Trinajstić information content (AvgIpc) is 2.51. The molecule has 1 amide bonds. The van der Waals surface area contributed by atoms with E-state index in [-0.39, 0.29) is 5.91 Å². The van der Waals surface area contributed by atoms with Crippen LogP contribution in [0.3, 0.4) is 0 Å². The summed E-state index contributed by atoms with van der Waals surface area (Å²) in [6.07, 6.45) is -1.58. The summed E-state index contributed by atoms with van der Waals surface area (Å²) >= 11 is 0. The van der Waals surface area contributed by atoms with Gasteiger partial charge in [-0.05, 0) is 29.3 Å². The van der Waals surface area contributed by atoms with Crippen LogP contribution in [0.5, 0.6) is 0 Å². The summed E-state index contributed by atoms with van der Waals surface area (Å²) in [6, 6.07) is 14.0. The summed E-state index contributed by atoms with van der Waals surface area (Å²) in [6.45, 7) is 0.400. The van der Waals surface area contributed by atoms with Gasteiger partial charge in [0.1, 0.15) is 0 Å². The van der Waals surface area contributed by atoms with Crippen molar-refractivity contribution in [2.75, 3.05) is 0 Å². The average molecular weight is 305 g/mol. The Kier molecular flexibility index (Phi) is 4.99. The molecule has 0 fully saturated rings. The van der Waals surface area contributed by atoms with Gasteiger partial charge in [-0.15, -0.1) is 0 Å². The van der Waals surface area contributed by atoms with Gasteiger partial charge < -0.3 is 5.32 Å². The lowest BCUT2D eigenvalue weighted by Crippen LogP contribution is -2.20. The van der Waals surface area contributed by atoms with E-state index < -0.39 is 11.7 Å². The Morgan fingerprint density at radius 3 is 2.23 bits per heavy atom. The highest BCUT2D eigenvalue weighted by molar-refractivity contribution is 5.91. The Bertz CT molecular complexity index is 646. The number of halogens is 3. The Hall–Kier alpha value is -2.56. The number of alkyl halides is 3. The monoisotopic (exact) mass is 305 g/mol. The molecule has 2 aromatic carbocycles. The summed E-state index contributed by atoms with van der Waals surface area (Å²) in [5.74, 6) is -0.302. The Balaban J connectivity index is 1.90. The lowest BCUT2D eigenvalue weighted by atomic mass is 10.1. The van der Waals surface area contributed by atoms with Crippen LogP contribution in [0, 0.1) is 0 Å². The molecule has 0 bridgehead atoms. The number of carbonyl (C=O) groups is 1. The topological polar surface area (TPSA) is 29.1 Å². The van der Waals surface area contributed by atoms with Gasteiger partial charge in [0.05, 0.1) is 5.56 Å². The van der Waals surface area contributed by atoms with Crippen molar-refractivity contribution in [2.45, 2.75) is 12.7 Å². The molecule has 0 spiro atoms. The van der Waals surface area contributed by atoms with Crippen LogP contribution in [-0.2, 0) is 17.5 Å². The quantitative estimate of drug-likeness (QED) is 0.849. The molecule has 1 N–H and O–H groups in total. The van der Waals surface area contributed by atoms with E-state index in [9.17, 15) is 18.0 Å². The van der Waals surface area contributed by atoms with E-state index in [0.717, 1.165) is 17.7 Å². The van der Waals surface area contributed by atoms with Crippen LogP contribution in [0.4, 0.5) is 13.2 Å². The lowest BCUT2D eigenvalue weighted by molar-refractivity contribution is -0.137. The predicted octanol–water partition coefficient (Wildman–Crippen LogP) is 4.04. The maximum Gasteiger partial charge on any atom is 0.416 e. The highest BCUT2D eigenvalue weighted by Crippen LogP contribution is 2.29. The number of nitrogens with one attached hydrogen (secondary N) is 1. The van der Waals surface area contributed by atoms with Crippen LogP contribution in [0.25, 0.3) is 6.08 Å². The molecule has 22 heavy (non-hydrogen) atoms. The van der Waals surface area contributed by atoms with Crippen LogP contribution in [0.15, 0.2) is 60.7 Å². The van der Waals surface area contributed by atoms with Crippen LogP contribution in [0.2, 0.25) is 0 Å². The first kappa shape index (κ1) is 15.8. The van der Waals surface area contributed by atoms with Gasteiger partial charge in [0.2, 0.25) is 5.91 Å². The van der Waals surface area contributed by atoms with Gasteiger partial charge in [0.25, 0.3) is 0 Å². The number of hydrogen-bond donors (Lipinski definition) is 1. The number of hydrogen-bond acceptors (Lipinski definition) is 1. The van der Waals surface area contributed by atoms with Gasteiger partial charge in [-0.1, -0.05) is 42.5 Å². The maximum absolute atomic E-state index is 12.4. The largest absolute Gasteiger partial charge is 0.416 e. The van der Waals surface area contributed by atoms with E-state index in [1.807, 2.05) is 30.3 Å². The minimum absolute atomic E-state index is 0.302. The molecule has 0 aliphatic heterocycles. The molecular formula is C17H14F3NO. The molecule has 0 aliphatic rings. The maximum atomic E-state index is 12.4. The fourth-order valence-corrected chi connectivity index (χ4v) is 1.80. The molecule has 0 atom stereocenters. The zero-order chi connectivity index (χ0) is 16.0. The van der Waals surface area contributed by atoms with E-state index in [0.29, 0.717) is 12.1 Å². The second-order valence-corrected chi connectivity index (χ2v) is 4.66. The minimum atomic E-state index is -4.35. The molecule has 5 heteroatoms. The Morgan fingerprint density at radius 1 is 1.00 bits per heavy atom. The third-order valence-corrected chi connectivity index (χ3v) is 2.97. The summed E-state index contributed by atoms with van der Waals surface area (Å²) < 4.78 is 37.2. The summed E-state index contributed by atoms with van der Waals surface area (Å²) in [5.41, 5.74) is 0.792. The fraction of sp³-hybridized carbons (Fsp3) is 0.118. The third-order valence-electron chi connectivity index (χ3n) is 2.97. The van der Waals surface area contributed by atoms with Crippen LogP contribution < -0.4 is 5.32 Å². The number of carbonyl (C=O) groups excluding carboxylic acids is 1. The van der Waals surface area contributed by atoms with E-state index in [4.69, 9.17) is 0 Å². The summed E-state index contributed by atoms with van der Waals surface area (Å²) in [7, 11) is 0. The van der Waals surface area contributed by atoms with Gasteiger partial charge in [0, 0.05) is 12.6 Å². The van der Waals surface area contributed by atoms with Crippen molar-refractivity contribution >= 4 is 12.0 Å². The summed E-state index contributed by atoms with van der Waals surface area (Å²) in [5, 5.41) is 2.70. The SMILES string of the molecule is O=C(C=Cc1ccc(C(F)(F)F)cc1)NCc1ccccc1. The third kappa shape index (κ3) is 4.77. The molecule has 0 radical (unpaired) electrons. The van der Waals surface area contributed by atoms with Crippen molar-refractivity contribution in [3.63, 3.8) is 0 Å². The minimum Gasteiger partial charge on any atom is -0.348 e. The number of amides is 1. The number of rotatable bonds is 4. The molecule has 2 aromatic rings. The van der Waals surface area contributed by atoms with E-state index in [2.05, 4.69) is 5.32 Å². The first-order chi connectivity index (χ1) is 10.4. The molecule has 2 nitrogen and oxygen atoms in total. The molecule has 114 valence electrons. The van der Waals surface area contributed by atoms with Crippen LogP contribution >= 0.6 is 0 Å². The second-order valence-electron chi connectivity index (χ2n) is 4.66. The van der Waals surface area contributed by atoms with Crippen LogP contribution in [0.1, 0.15) is 16.7 Å². The Morgan fingerprint density at radius 2 is 1.64 bits per heavy atom. The van der Waals surface area contributed by atoms with E-state index in [1.54, 1.807) is 0 Å². The highest BCUT2D eigenvalue weighted by atomic mass is 19.4. The molecule has 2 rings (SSSR count). The Labute approximate surface area is 126 Å². The second kappa shape index (κ2) is 6.93. The van der Waals surface area contributed by atoms with Gasteiger partial charge >= 0.3 is 6.18 Å². The molecular weight excluding hydrogens is 291 g/mol. The summed E-state index contributed by atoms with van der Waals surface area (Å²) in [4.78, 5) is 11.6. The zero-order valence-corrected chi connectivity index (χ0v) is 11.6. The first-order valence-corrected chi connectivity index (χ1v) is 6.62. The van der Waals surface area contributed by atoms with Crippen molar-refractivity contribution in [1.29, 1.82) is 0 Å². The van der Waals surface area contributed by atoms with Gasteiger partial charge in [-0.2, -0.15) is 13.2 Å². The smallest absolute Gasteiger partial charge is 0.348 e. The first-order valence-electron chi connectivity index (χ1n) is 6.62. The van der Waals surface area contributed by atoms with Crippen LogP contribution in [-0.4, -0.2) is 5.91 Å². The molecule has 0 unspecified atom stereocenters. The molecule has 0 heterocycles.